The minimum atomic E-state index is -0.476. The maximum absolute atomic E-state index is 12.8. The van der Waals surface area contributed by atoms with Crippen LogP contribution >= 0.6 is 0 Å². The molecule has 1 atom stereocenters. The molecule has 0 unspecified atom stereocenters. The topological polar surface area (TPSA) is 97.9 Å². The number of nitrogens with zero attached hydrogens (tertiary/aromatic N) is 4. The van der Waals surface area contributed by atoms with E-state index >= 15 is 0 Å². The number of amides is 2. The molecular weight excluding hydrogens is 362 g/mol. The van der Waals surface area contributed by atoms with E-state index in [1.807, 2.05) is 17.8 Å². The normalized spacial score (nSPS) is 16.4. The highest BCUT2D eigenvalue weighted by Crippen LogP contribution is 2.23. The third-order valence-electron chi connectivity index (χ3n) is 4.66. The molecule has 0 bridgehead atoms. The molecule has 1 aliphatic heterocycles. The fourth-order valence-electron chi connectivity index (χ4n) is 3.20. The van der Waals surface area contributed by atoms with Gasteiger partial charge in [-0.15, -0.1) is 0 Å². The first-order valence-electron chi connectivity index (χ1n) is 8.80. The Bertz CT molecular complexity index is 1070. The van der Waals surface area contributed by atoms with Gasteiger partial charge >= 0.3 is 6.09 Å². The molecule has 28 heavy (non-hydrogen) atoms. The highest BCUT2D eigenvalue weighted by atomic mass is 16.6. The molecule has 1 saturated heterocycles. The zero-order valence-electron chi connectivity index (χ0n) is 15.5. The summed E-state index contributed by atoms with van der Waals surface area (Å²) in [6.45, 7) is 2.01. The van der Waals surface area contributed by atoms with Gasteiger partial charge < -0.3 is 14.6 Å². The number of ketones is 1. The Balaban J connectivity index is 1.50. The summed E-state index contributed by atoms with van der Waals surface area (Å²) in [5.41, 5.74) is 1.60. The van der Waals surface area contributed by atoms with Gasteiger partial charge in [0.05, 0.1) is 19.3 Å². The number of ether oxygens (including phenoxy) is 1. The quantitative estimate of drug-likeness (QED) is 0.673. The van der Waals surface area contributed by atoms with E-state index in [4.69, 9.17) is 4.74 Å². The monoisotopic (exact) mass is 381 g/mol. The van der Waals surface area contributed by atoms with Crippen molar-refractivity contribution in [2.45, 2.75) is 13.0 Å². The molecule has 144 valence electrons. The lowest BCUT2D eigenvalue weighted by atomic mass is 10.1. The van der Waals surface area contributed by atoms with Gasteiger partial charge in [-0.05, 0) is 24.3 Å². The van der Waals surface area contributed by atoms with Gasteiger partial charge in [-0.1, -0.05) is 0 Å². The summed E-state index contributed by atoms with van der Waals surface area (Å²) in [5.74, 6) is 0.354. The minimum Gasteiger partial charge on any atom is -0.442 e. The largest absolute Gasteiger partial charge is 0.442 e. The van der Waals surface area contributed by atoms with Gasteiger partial charge in [0, 0.05) is 37.6 Å². The van der Waals surface area contributed by atoms with Crippen LogP contribution in [0.1, 0.15) is 23.0 Å². The predicted molar refractivity (Wildman–Crippen MR) is 100 cm³/mol. The molecular formula is C19H19N5O4. The average Bonchev–Trinajstić information content (AvgIpc) is 3.36. The van der Waals surface area contributed by atoms with Gasteiger partial charge in [0.25, 0.3) is 0 Å². The highest BCUT2D eigenvalue weighted by molar-refractivity contribution is 6.08. The summed E-state index contributed by atoms with van der Waals surface area (Å²) >= 11 is 0. The number of fused-ring (bicyclic) bond motifs is 1. The number of anilines is 1. The van der Waals surface area contributed by atoms with E-state index in [1.165, 1.54) is 11.8 Å². The third-order valence-corrected chi connectivity index (χ3v) is 4.66. The molecule has 2 amide bonds. The maximum atomic E-state index is 12.8. The lowest BCUT2D eigenvalue weighted by molar-refractivity contribution is -0.119. The molecule has 1 N–H and O–H groups in total. The second kappa shape index (κ2) is 6.84. The van der Waals surface area contributed by atoms with E-state index in [2.05, 4.69) is 10.3 Å². The molecule has 1 aromatic carbocycles. The van der Waals surface area contributed by atoms with E-state index in [1.54, 1.807) is 41.1 Å². The van der Waals surface area contributed by atoms with Crippen LogP contribution in [0, 0.1) is 0 Å². The Labute approximate surface area is 160 Å². The number of rotatable bonds is 5. The van der Waals surface area contributed by atoms with E-state index in [0.29, 0.717) is 29.3 Å². The Morgan fingerprint density at radius 1 is 1.25 bits per heavy atom. The number of hydrogen-bond donors (Lipinski definition) is 1. The van der Waals surface area contributed by atoms with Crippen LogP contribution in [0.25, 0.3) is 5.78 Å². The van der Waals surface area contributed by atoms with E-state index in [9.17, 15) is 14.4 Å². The second-order valence-electron chi connectivity index (χ2n) is 6.65. The number of aromatic nitrogens is 3. The molecule has 0 saturated carbocycles. The lowest BCUT2D eigenvalue weighted by Crippen LogP contribution is -2.33. The number of nitrogens with one attached hydrogen (secondary N) is 1. The number of imidazole rings is 2. The number of carbonyl (C=O) groups excluding carboxylic acids is 3. The third kappa shape index (κ3) is 3.11. The molecule has 0 radical (unpaired) electrons. The van der Waals surface area contributed by atoms with Gasteiger partial charge in [-0.2, -0.15) is 0 Å². The van der Waals surface area contributed by atoms with E-state index in [-0.39, 0.29) is 18.2 Å². The van der Waals surface area contributed by atoms with Crippen LogP contribution in [-0.4, -0.2) is 50.9 Å². The van der Waals surface area contributed by atoms with Crippen LogP contribution in [0.4, 0.5) is 10.5 Å². The second-order valence-corrected chi connectivity index (χ2v) is 6.65. The van der Waals surface area contributed by atoms with Crippen LogP contribution in [0.5, 0.6) is 0 Å². The molecule has 1 aliphatic rings. The summed E-state index contributed by atoms with van der Waals surface area (Å²) < 4.78 is 8.82. The van der Waals surface area contributed by atoms with Crippen molar-refractivity contribution >= 4 is 29.2 Å². The number of cyclic esters (lactones) is 1. The lowest BCUT2D eigenvalue weighted by Gasteiger charge is -2.13. The van der Waals surface area contributed by atoms with Gasteiger partial charge in [0.1, 0.15) is 11.8 Å². The first-order valence-corrected chi connectivity index (χ1v) is 8.80. The summed E-state index contributed by atoms with van der Waals surface area (Å²) in [6, 6.07) is 6.76. The number of aryl methyl sites for hydroxylation is 1. The zero-order valence-corrected chi connectivity index (χ0v) is 15.5. The Kier molecular flexibility index (Phi) is 4.34. The standard InChI is InChI=1S/C19H19N5O4/c1-12(25)20-9-15-11-24(19(27)28-15)14-5-3-13(4-6-14)17(26)16-10-21-18-22(2)7-8-23(16)18/h3-8,10,15H,9,11H2,1-2H3,(H,20,25)/t15-/m0/s1. The summed E-state index contributed by atoms with van der Waals surface area (Å²) in [5, 5.41) is 2.64. The van der Waals surface area contributed by atoms with Crippen molar-refractivity contribution in [1.82, 2.24) is 19.3 Å². The molecule has 0 aliphatic carbocycles. The Hall–Kier alpha value is -3.62. The molecule has 0 spiro atoms. The van der Waals surface area contributed by atoms with Gasteiger partial charge in [-0.25, -0.2) is 9.78 Å². The first kappa shape index (κ1) is 17.8. The van der Waals surface area contributed by atoms with Crippen molar-refractivity contribution in [3.05, 3.63) is 54.1 Å². The molecule has 9 nitrogen and oxygen atoms in total. The van der Waals surface area contributed by atoms with Gasteiger partial charge in [-0.3, -0.25) is 18.9 Å². The number of hydrogen-bond acceptors (Lipinski definition) is 5. The van der Waals surface area contributed by atoms with Crippen LogP contribution in [-0.2, 0) is 16.6 Å². The number of benzene rings is 1. The molecule has 2 aromatic heterocycles. The van der Waals surface area contributed by atoms with Crippen LogP contribution in [0.15, 0.2) is 42.9 Å². The highest BCUT2D eigenvalue weighted by Gasteiger charge is 2.32. The molecule has 3 aromatic rings. The first-order chi connectivity index (χ1) is 13.4. The van der Waals surface area contributed by atoms with Crippen molar-refractivity contribution in [1.29, 1.82) is 0 Å². The molecule has 3 heterocycles. The number of carbonyl (C=O) groups is 3. The van der Waals surface area contributed by atoms with Gasteiger partial charge in [0.15, 0.2) is 0 Å². The fourth-order valence-corrected chi connectivity index (χ4v) is 3.20. The van der Waals surface area contributed by atoms with Crippen molar-refractivity contribution in [2.75, 3.05) is 18.0 Å². The SMILES string of the molecule is CC(=O)NC[C@H]1CN(c2ccc(C(=O)c3cnc4n(C)ccn34)cc2)C(=O)O1. The van der Waals surface area contributed by atoms with Crippen molar-refractivity contribution in [2.24, 2.45) is 7.05 Å². The zero-order chi connectivity index (χ0) is 19.8. The van der Waals surface area contributed by atoms with Gasteiger partial charge in [0.2, 0.25) is 17.5 Å². The summed E-state index contributed by atoms with van der Waals surface area (Å²) in [4.78, 5) is 41.7. The summed E-state index contributed by atoms with van der Waals surface area (Å²) in [7, 11) is 1.86. The van der Waals surface area contributed by atoms with Crippen LogP contribution in [0.2, 0.25) is 0 Å². The maximum Gasteiger partial charge on any atom is 0.414 e. The van der Waals surface area contributed by atoms with Crippen molar-refractivity contribution in [3.63, 3.8) is 0 Å². The minimum absolute atomic E-state index is 0.155. The molecule has 1 fully saturated rings. The smallest absolute Gasteiger partial charge is 0.414 e. The fraction of sp³-hybridized carbons (Fsp3) is 0.263. The molecule has 4 rings (SSSR count). The molecule has 9 heteroatoms. The predicted octanol–water partition coefficient (Wildman–Crippen LogP) is 1.37. The van der Waals surface area contributed by atoms with Crippen molar-refractivity contribution < 1.29 is 19.1 Å². The Morgan fingerprint density at radius 3 is 2.71 bits per heavy atom. The average molecular weight is 381 g/mol. The van der Waals surface area contributed by atoms with Crippen molar-refractivity contribution in [3.8, 4) is 0 Å². The van der Waals surface area contributed by atoms with Crippen LogP contribution < -0.4 is 10.2 Å². The Morgan fingerprint density at radius 2 is 2.00 bits per heavy atom. The van der Waals surface area contributed by atoms with Crippen LogP contribution in [0.3, 0.4) is 0 Å². The summed E-state index contributed by atoms with van der Waals surface area (Å²) in [6.07, 6.45) is 4.29. The van der Waals surface area contributed by atoms with E-state index in [0.717, 1.165) is 0 Å². The van der Waals surface area contributed by atoms with E-state index < -0.39 is 12.2 Å².